The first kappa shape index (κ1) is 18.1. The maximum atomic E-state index is 11.8. The van der Waals surface area contributed by atoms with E-state index in [2.05, 4.69) is 10.3 Å². The maximum absolute atomic E-state index is 11.8. The fraction of sp³-hybridized carbons (Fsp3) is 0.571. The van der Waals surface area contributed by atoms with Gasteiger partial charge in [-0.15, -0.1) is 11.3 Å². The van der Waals surface area contributed by atoms with Gasteiger partial charge in [0.2, 0.25) is 0 Å². The number of nitrogens with one attached hydrogen (secondary N) is 1. The molecule has 22 heavy (non-hydrogen) atoms. The van der Waals surface area contributed by atoms with E-state index in [1.54, 1.807) is 33.1 Å². The SMILES string of the molecule is CCOC(=O)C(CC=O)c1csc(NC(=O)OC(C)(C)C)n1. The molecule has 1 rings (SSSR count). The molecule has 1 amide bonds. The highest BCUT2D eigenvalue weighted by atomic mass is 32.1. The van der Waals surface area contributed by atoms with Gasteiger partial charge < -0.3 is 14.3 Å². The lowest BCUT2D eigenvalue weighted by Gasteiger charge is -2.18. The number of rotatable bonds is 6. The van der Waals surface area contributed by atoms with Crippen LogP contribution < -0.4 is 5.32 Å². The summed E-state index contributed by atoms with van der Waals surface area (Å²) in [5, 5.41) is 4.40. The predicted octanol–water partition coefficient (Wildman–Crippen LogP) is 2.73. The van der Waals surface area contributed by atoms with E-state index < -0.39 is 23.6 Å². The van der Waals surface area contributed by atoms with Crippen LogP contribution in [-0.4, -0.2) is 35.5 Å². The van der Waals surface area contributed by atoms with Gasteiger partial charge >= 0.3 is 12.1 Å². The molecule has 1 heterocycles. The first-order valence-electron chi connectivity index (χ1n) is 6.82. The second kappa shape index (κ2) is 7.88. The fourth-order valence-corrected chi connectivity index (χ4v) is 2.32. The number of hydrogen-bond acceptors (Lipinski definition) is 7. The van der Waals surface area contributed by atoms with E-state index in [0.29, 0.717) is 17.1 Å². The van der Waals surface area contributed by atoms with Gasteiger partial charge in [0.1, 0.15) is 17.8 Å². The molecule has 1 atom stereocenters. The van der Waals surface area contributed by atoms with Crippen LogP contribution in [0.1, 0.15) is 45.7 Å². The Morgan fingerprint density at radius 3 is 2.68 bits per heavy atom. The number of aromatic nitrogens is 1. The molecule has 0 aliphatic rings. The van der Waals surface area contributed by atoms with Crippen LogP contribution in [0.2, 0.25) is 0 Å². The highest BCUT2D eigenvalue weighted by Crippen LogP contribution is 2.25. The monoisotopic (exact) mass is 328 g/mol. The number of ether oxygens (including phenoxy) is 2. The van der Waals surface area contributed by atoms with Gasteiger partial charge in [0.25, 0.3) is 0 Å². The van der Waals surface area contributed by atoms with Crippen molar-refractivity contribution < 1.29 is 23.9 Å². The topological polar surface area (TPSA) is 94.6 Å². The van der Waals surface area contributed by atoms with Crippen LogP contribution in [-0.2, 0) is 19.1 Å². The molecule has 1 N–H and O–H groups in total. The lowest BCUT2D eigenvalue weighted by Crippen LogP contribution is -2.27. The Morgan fingerprint density at radius 1 is 1.45 bits per heavy atom. The van der Waals surface area contributed by atoms with E-state index >= 15 is 0 Å². The number of hydrogen-bond donors (Lipinski definition) is 1. The molecule has 0 aliphatic heterocycles. The smallest absolute Gasteiger partial charge is 0.413 e. The minimum Gasteiger partial charge on any atom is -0.465 e. The van der Waals surface area contributed by atoms with Crippen molar-refractivity contribution in [1.82, 2.24) is 4.98 Å². The first-order chi connectivity index (χ1) is 10.3. The van der Waals surface area contributed by atoms with Gasteiger partial charge in [-0.25, -0.2) is 9.78 Å². The van der Waals surface area contributed by atoms with E-state index in [9.17, 15) is 14.4 Å². The Balaban J connectivity index is 2.78. The van der Waals surface area contributed by atoms with Crippen molar-refractivity contribution in [3.63, 3.8) is 0 Å². The van der Waals surface area contributed by atoms with Crippen LogP contribution in [0, 0.1) is 0 Å². The molecule has 122 valence electrons. The molecule has 0 saturated heterocycles. The number of carbonyl (C=O) groups excluding carboxylic acids is 3. The van der Waals surface area contributed by atoms with E-state index in [1.165, 1.54) is 0 Å². The Bertz CT molecular complexity index is 536. The van der Waals surface area contributed by atoms with Crippen LogP contribution >= 0.6 is 11.3 Å². The Morgan fingerprint density at radius 2 is 2.14 bits per heavy atom. The van der Waals surface area contributed by atoms with Crippen molar-refractivity contribution in [3.8, 4) is 0 Å². The molecule has 0 radical (unpaired) electrons. The van der Waals surface area contributed by atoms with Crippen molar-refractivity contribution in [2.45, 2.75) is 45.6 Å². The van der Waals surface area contributed by atoms with Crippen LogP contribution in [0.15, 0.2) is 5.38 Å². The fourth-order valence-electron chi connectivity index (χ4n) is 1.57. The van der Waals surface area contributed by atoms with Gasteiger partial charge in [-0.05, 0) is 27.7 Å². The summed E-state index contributed by atoms with van der Waals surface area (Å²) in [6.45, 7) is 7.16. The number of carbonyl (C=O) groups is 3. The van der Waals surface area contributed by atoms with Gasteiger partial charge in [0.05, 0.1) is 12.3 Å². The molecule has 0 aromatic carbocycles. The van der Waals surface area contributed by atoms with Gasteiger partial charge in [0, 0.05) is 11.8 Å². The molecule has 0 spiro atoms. The third kappa shape index (κ3) is 5.80. The van der Waals surface area contributed by atoms with E-state index in [1.807, 2.05) is 0 Å². The zero-order valence-electron chi connectivity index (χ0n) is 13.0. The standard InChI is InChI=1S/C14H20N2O5S/c1-5-20-11(18)9(6-7-17)10-8-22-12(15-10)16-13(19)21-14(2,3)4/h7-9H,5-6H2,1-4H3,(H,15,16,19). The molecule has 1 aromatic rings. The molecule has 7 nitrogen and oxygen atoms in total. The normalized spacial score (nSPS) is 12.4. The highest BCUT2D eigenvalue weighted by Gasteiger charge is 2.25. The van der Waals surface area contributed by atoms with Gasteiger partial charge in [-0.1, -0.05) is 0 Å². The molecule has 0 saturated carbocycles. The number of nitrogens with zero attached hydrogens (tertiary/aromatic N) is 1. The summed E-state index contributed by atoms with van der Waals surface area (Å²) in [5.74, 6) is -1.27. The number of thiazole rings is 1. The summed E-state index contributed by atoms with van der Waals surface area (Å²) in [5.41, 5.74) is -0.226. The second-order valence-corrected chi connectivity index (χ2v) is 6.27. The van der Waals surface area contributed by atoms with Crippen LogP contribution in [0.25, 0.3) is 0 Å². The number of aldehydes is 1. The second-order valence-electron chi connectivity index (χ2n) is 5.41. The van der Waals surface area contributed by atoms with E-state index in [4.69, 9.17) is 9.47 Å². The summed E-state index contributed by atoms with van der Waals surface area (Å²) in [4.78, 5) is 38.3. The van der Waals surface area contributed by atoms with Gasteiger partial charge in [0.15, 0.2) is 5.13 Å². The van der Waals surface area contributed by atoms with Crippen molar-refractivity contribution in [2.75, 3.05) is 11.9 Å². The first-order valence-corrected chi connectivity index (χ1v) is 7.70. The highest BCUT2D eigenvalue weighted by molar-refractivity contribution is 7.13. The van der Waals surface area contributed by atoms with Crippen molar-refractivity contribution >= 4 is 34.8 Å². The zero-order chi connectivity index (χ0) is 16.8. The molecule has 1 unspecified atom stereocenters. The summed E-state index contributed by atoms with van der Waals surface area (Å²) in [6.07, 6.45) is -0.00689. The average molecular weight is 328 g/mol. The Hall–Kier alpha value is -1.96. The number of amides is 1. The maximum Gasteiger partial charge on any atom is 0.413 e. The van der Waals surface area contributed by atoms with Gasteiger partial charge in [-0.2, -0.15) is 0 Å². The lowest BCUT2D eigenvalue weighted by molar-refractivity contribution is -0.145. The summed E-state index contributed by atoms with van der Waals surface area (Å²) < 4.78 is 10.0. The predicted molar refractivity (Wildman–Crippen MR) is 82.0 cm³/mol. The zero-order valence-corrected chi connectivity index (χ0v) is 13.9. The average Bonchev–Trinajstić information content (AvgIpc) is 2.81. The van der Waals surface area contributed by atoms with E-state index in [0.717, 1.165) is 11.3 Å². The molecular formula is C14H20N2O5S. The third-order valence-corrected chi connectivity index (χ3v) is 3.17. The van der Waals surface area contributed by atoms with Crippen LogP contribution in [0.5, 0.6) is 0 Å². The summed E-state index contributed by atoms with van der Waals surface area (Å²) in [7, 11) is 0. The molecular weight excluding hydrogens is 308 g/mol. The molecule has 0 fully saturated rings. The number of esters is 1. The van der Waals surface area contributed by atoms with Gasteiger partial charge in [-0.3, -0.25) is 10.1 Å². The molecule has 0 aliphatic carbocycles. The molecule has 1 aromatic heterocycles. The largest absolute Gasteiger partial charge is 0.465 e. The molecule has 8 heteroatoms. The Kier molecular flexibility index (Phi) is 6.48. The van der Waals surface area contributed by atoms with Crippen LogP contribution in [0.4, 0.5) is 9.93 Å². The van der Waals surface area contributed by atoms with Crippen molar-refractivity contribution in [2.24, 2.45) is 0 Å². The summed E-state index contributed by atoms with van der Waals surface area (Å²) >= 11 is 1.15. The van der Waals surface area contributed by atoms with E-state index in [-0.39, 0.29) is 13.0 Å². The third-order valence-electron chi connectivity index (χ3n) is 2.39. The summed E-state index contributed by atoms with van der Waals surface area (Å²) in [6, 6.07) is 0. The minimum atomic E-state index is -0.761. The lowest BCUT2D eigenvalue weighted by atomic mass is 10.0. The number of anilines is 1. The van der Waals surface area contributed by atoms with Crippen molar-refractivity contribution in [3.05, 3.63) is 11.1 Å². The quantitative estimate of drug-likeness (QED) is 0.637. The Labute approximate surface area is 133 Å². The minimum absolute atomic E-state index is 0.0194. The van der Waals surface area contributed by atoms with Crippen molar-refractivity contribution in [1.29, 1.82) is 0 Å². The molecule has 0 bridgehead atoms. The van der Waals surface area contributed by atoms with Crippen LogP contribution in [0.3, 0.4) is 0 Å².